The minimum absolute atomic E-state index is 0.154. The summed E-state index contributed by atoms with van der Waals surface area (Å²) >= 11 is 0. The minimum atomic E-state index is -1.01. The van der Waals surface area contributed by atoms with Crippen LogP contribution >= 0.6 is 0 Å². The first-order chi connectivity index (χ1) is 13.4. The summed E-state index contributed by atoms with van der Waals surface area (Å²) in [5.74, 6) is 3.19. The fraction of sp³-hybridized carbons (Fsp3) is 0.714. The molecule has 1 aliphatic heterocycles. The van der Waals surface area contributed by atoms with Crippen LogP contribution in [0.15, 0.2) is 23.2 Å². The highest BCUT2D eigenvalue weighted by Gasteiger charge is 2.43. The number of ether oxygens (including phenoxy) is 2. The molecular weight excluding hydrogens is 376 g/mol. The third kappa shape index (κ3) is 5.93. The fourth-order valence-corrected chi connectivity index (χ4v) is 4.42. The van der Waals surface area contributed by atoms with Crippen molar-refractivity contribution < 1.29 is 18.5 Å². The third-order valence-electron chi connectivity index (χ3n) is 5.70. The quantitative estimate of drug-likeness (QED) is 0.656. The number of amides is 1. The highest BCUT2D eigenvalue weighted by atomic mass is 32.2. The van der Waals surface area contributed by atoms with Gasteiger partial charge in [-0.25, -0.2) is 9.78 Å². The maximum absolute atomic E-state index is 12.1. The van der Waals surface area contributed by atoms with Gasteiger partial charge in [-0.05, 0) is 55.4 Å². The molecule has 1 saturated heterocycles. The Balaban J connectivity index is 1.32. The molecule has 1 saturated carbocycles. The van der Waals surface area contributed by atoms with Gasteiger partial charge in [-0.15, -0.1) is 0 Å². The lowest BCUT2D eigenvalue weighted by Gasteiger charge is -2.31. The maximum atomic E-state index is 12.1. The van der Waals surface area contributed by atoms with Crippen LogP contribution in [-0.2, 0) is 15.5 Å². The van der Waals surface area contributed by atoms with Crippen molar-refractivity contribution in [3.8, 4) is 5.88 Å². The number of aromatic nitrogens is 1. The van der Waals surface area contributed by atoms with E-state index in [9.17, 15) is 9.00 Å². The van der Waals surface area contributed by atoms with E-state index in [1.54, 1.807) is 24.6 Å². The number of hydrogen-bond donors (Lipinski definition) is 0. The van der Waals surface area contributed by atoms with Gasteiger partial charge in [0, 0.05) is 31.6 Å². The molecule has 1 aromatic rings. The van der Waals surface area contributed by atoms with Crippen molar-refractivity contribution in [2.24, 2.45) is 23.7 Å². The Morgan fingerprint density at radius 2 is 2.07 bits per heavy atom. The van der Waals surface area contributed by atoms with E-state index in [2.05, 4.69) is 18.8 Å². The predicted molar refractivity (Wildman–Crippen MR) is 109 cm³/mol. The van der Waals surface area contributed by atoms with Crippen LogP contribution in [0.4, 0.5) is 4.79 Å². The number of pyridine rings is 1. The predicted octanol–water partition coefficient (Wildman–Crippen LogP) is 3.73. The van der Waals surface area contributed by atoms with E-state index in [1.165, 1.54) is 6.42 Å². The van der Waals surface area contributed by atoms with E-state index in [-0.39, 0.29) is 6.09 Å². The zero-order valence-electron chi connectivity index (χ0n) is 17.1. The number of carbonyl (C=O) groups is 1. The van der Waals surface area contributed by atoms with Crippen LogP contribution in [0.3, 0.4) is 0 Å². The van der Waals surface area contributed by atoms with E-state index in [4.69, 9.17) is 9.47 Å². The normalized spacial score (nSPS) is 23.5. The molecule has 1 aromatic heterocycles. The van der Waals surface area contributed by atoms with Crippen LogP contribution in [0.25, 0.3) is 0 Å². The molecule has 6 nitrogen and oxygen atoms in total. The van der Waals surface area contributed by atoms with Crippen molar-refractivity contribution >= 4 is 16.9 Å². The Hall–Kier alpha value is -1.63. The van der Waals surface area contributed by atoms with Crippen LogP contribution < -0.4 is 4.74 Å². The van der Waals surface area contributed by atoms with Gasteiger partial charge in [0.15, 0.2) is 0 Å². The van der Waals surface area contributed by atoms with Gasteiger partial charge in [0.1, 0.15) is 0 Å². The van der Waals surface area contributed by atoms with Crippen LogP contribution in [-0.4, -0.2) is 52.7 Å². The number of nitrogens with zero attached hydrogens (tertiary/aromatic N) is 2. The number of likely N-dealkylation sites (tertiary alicyclic amines) is 1. The molecule has 2 fully saturated rings. The molecule has 2 heterocycles. The zero-order chi connectivity index (χ0) is 20.1. The van der Waals surface area contributed by atoms with Crippen molar-refractivity contribution in [3.63, 3.8) is 0 Å². The second kappa shape index (κ2) is 9.72. The third-order valence-corrected chi connectivity index (χ3v) is 6.61. The van der Waals surface area contributed by atoms with Crippen molar-refractivity contribution in [3.05, 3.63) is 18.3 Å². The average molecular weight is 409 g/mol. The SMILES string of the molecule is CC(C)COC(=O)N1CCC([C@H]2C[C@H]2CCOc2ccc(S(C)=O)cn2)CC1. The number of piperidine rings is 1. The monoisotopic (exact) mass is 408 g/mol. The molecular formula is C21H32N2O4S. The highest BCUT2D eigenvalue weighted by Crippen LogP contribution is 2.49. The summed E-state index contributed by atoms with van der Waals surface area (Å²) in [6.07, 6.45) is 7.58. The molecule has 0 aromatic carbocycles. The summed E-state index contributed by atoms with van der Waals surface area (Å²) in [6.45, 7) is 6.90. The average Bonchev–Trinajstić information content (AvgIpc) is 3.46. The standard InChI is InChI=1S/C21H32N2O4S/c1-15(2)14-27-21(24)23-9-6-16(7-10-23)19-12-17(19)8-11-26-20-5-4-18(13-22-20)28(3)25/h4-5,13,15-17,19H,6-12,14H2,1-3H3/t17-,19-,28?/m1/s1. The lowest BCUT2D eigenvalue weighted by atomic mass is 9.91. The minimum Gasteiger partial charge on any atom is -0.478 e. The van der Waals surface area contributed by atoms with E-state index < -0.39 is 10.8 Å². The fourth-order valence-electron chi connectivity index (χ4n) is 3.96. The van der Waals surface area contributed by atoms with Gasteiger partial charge in [-0.2, -0.15) is 0 Å². The number of rotatable bonds is 8. The first kappa shape index (κ1) is 21.1. The molecule has 1 unspecified atom stereocenters. The Kier molecular flexibility index (Phi) is 7.32. The number of hydrogen-bond acceptors (Lipinski definition) is 5. The molecule has 0 radical (unpaired) electrons. The summed E-state index contributed by atoms with van der Waals surface area (Å²) < 4.78 is 22.5. The summed E-state index contributed by atoms with van der Waals surface area (Å²) in [5, 5.41) is 0. The Labute approximate surface area is 170 Å². The van der Waals surface area contributed by atoms with Crippen molar-refractivity contribution in [1.29, 1.82) is 0 Å². The van der Waals surface area contributed by atoms with Gasteiger partial charge in [-0.3, -0.25) is 4.21 Å². The zero-order valence-corrected chi connectivity index (χ0v) is 18.0. The summed E-state index contributed by atoms with van der Waals surface area (Å²) in [6, 6.07) is 3.59. The topological polar surface area (TPSA) is 68.7 Å². The molecule has 7 heteroatoms. The van der Waals surface area contributed by atoms with Crippen molar-refractivity contribution in [2.45, 2.75) is 44.4 Å². The lowest BCUT2D eigenvalue weighted by molar-refractivity contribution is 0.0765. The highest BCUT2D eigenvalue weighted by molar-refractivity contribution is 7.84. The van der Waals surface area contributed by atoms with Crippen molar-refractivity contribution in [2.75, 3.05) is 32.6 Å². The Morgan fingerprint density at radius 3 is 2.68 bits per heavy atom. The van der Waals surface area contributed by atoms with Gasteiger partial charge in [0.05, 0.1) is 28.9 Å². The number of carbonyl (C=O) groups excluding carboxylic acids is 1. The molecule has 156 valence electrons. The van der Waals surface area contributed by atoms with Crippen molar-refractivity contribution in [1.82, 2.24) is 9.88 Å². The van der Waals surface area contributed by atoms with E-state index in [1.807, 2.05) is 4.90 Å². The van der Waals surface area contributed by atoms with E-state index in [0.29, 0.717) is 29.9 Å². The summed E-state index contributed by atoms with van der Waals surface area (Å²) in [7, 11) is -1.01. The lowest BCUT2D eigenvalue weighted by Crippen LogP contribution is -2.39. The van der Waals surface area contributed by atoms with Crippen LogP contribution in [0.5, 0.6) is 5.88 Å². The molecule has 0 bridgehead atoms. The first-order valence-corrected chi connectivity index (χ1v) is 11.8. The molecule has 2 aliphatic rings. The van der Waals surface area contributed by atoms with E-state index in [0.717, 1.165) is 50.1 Å². The van der Waals surface area contributed by atoms with Crippen LogP contribution in [0, 0.1) is 23.7 Å². The second-order valence-electron chi connectivity index (χ2n) is 8.38. The van der Waals surface area contributed by atoms with Gasteiger partial charge in [0.25, 0.3) is 0 Å². The molecule has 3 atom stereocenters. The molecule has 28 heavy (non-hydrogen) atoms. The van der Waals surface area contributed by atoms with Crippen LogP contribution in [0.1, 0.15) is 39.5 Å². The molecule has 1 aliphatic carbocycles. The molecule has 0 spiro atoms. The van der Waals surface area contributed by atoms with E-state index >= 15 is 0 Å². The first-order valence-electron chi connectivity index (χ1n) is 10.3. The maximum Gasteiger partial charge on any atom is 0.409 e. The van der Waals surface area contributed by atoms with Gasteiger partial charge < -0.3 is 14.4 Å². The van der Waals surface area contributed by atoms with Gasteiger partial charge in [0.2, 0.25) is 5.88 Å². The van der Waals surface area contributed by atoms with Gasteiger partial charge >= 0.3 is 6.09 Å². The largest absolute Gasteiger partial charge is 0.478 e. The molecule has 1 amide bonds. The van der Waals surface area contributed by atoms with Crippen LogP contribution in [0.2, 0.25) is 0 Å². The molecule has 3 rings (SSSR count). The second-order valence-corrected chi connectivity index (χ2v) is 9.76. The Bertz CT molecular complexity index is 671. The van der Waals surface area contributed by atoms with Gasteiger partial charge in [-0.1, -0.05) is 13.8 Å². The summed E-state index contributed by atoms with van der Waals surface area (Å²) in [4.78, 5) is 18.8. The smallest absolute Gasteiger partial charge is 0.409 e. The summed E-state index contributed by atoms with van der Waals surface area (Å²) in [5.41, 5.74) is 0. The Morgan fingerprint density at radius 1 is 1.32 bits per heavy atom. The molecule has 0 N–H and O–H groups in total.